The molecule has 2 atom stereocenters. The molecular weight excluding hydrogens is 246 g/mol. The lowest BCUT2D eigenvalue weighted by Crippen LogP contribution is -2.39. The fourth-order valence-corrected chi connectivity index (χ4v) is 2.15. The molecule has 0 bridgehead atoms. The Morgan fingerprint density at radius 1 is 1.42 bits per heavy atom. The zero-order chi connectivity index (χ0) is 13.9. The lowest BCUT2D eigenvalue weighted by molar-refractivity contribution is -0.146. The highest BCUT2D eigenvalue weighted by Crippen LogP contribution is 2.12. The standard InChI is InChI=1S/C14H27NO4/c1-3-15-13(14(16)18-4-2)8-10-17-11-12-7-5-6-9-19-12/h12-13,15H,3-11H2,1-2H3. The number of hydrogen-bond acceptors (Lipinski definition) is 5. The highest BCUT2D eigenvalue weighted by Gasteiger charge is 2.19. The van der Waals surface area contributed by atoms with Crippen molar-refractivity contribution in [2.45, 2.75) is 51.7 Å². The SMILES string of the molecule is CCNC(CCOCC1CCCCO1)C(=O)OCC. The highest BCUT2D eigenvalue weighted by atomic mass is 16.5. The highest BCUT2D eigenvalue weighted by molar-refractivity contribution is 5.75. The number of nitrogens with one attached hydrogen (secondary N) is 1. The van der Waals surface area contributed by atoms with E-state index in [9.17, 15) is 4.79 Å². The number of likely N-dealkylation sites (N-methyl/N-ethyl adjacent to an activating group) is 1. The van der Waals surface area contributed by atoms with E-state index in [1.165, 1.54) is 6.42 Å². The van der Waals surface area contributed by atoms with Gasteiger partial charge in [0, 0.05) is 13.2 Å². The van der Waals surface area contributed by atoms with Crippen LogP contribution in [-0.2, 0) is 19.0 Å². The van der Waals surface area contributed by atoms with E-state index in [0.29, 0.717) is 26.2 Å². The molecule has 0 aromatic rings. The second-order valence-corrected chi connectivity index (χ2v) is 4.71. The molecule has 2 unspecified atom stereocenters. The number of hydrogen-bond donors (Lipinski definition) is 1. The lowest BCUT2D eigenvalue weighted by atomic mass is 10.1. The number of carbonyl (C=O) groups is 1. The van der Waals surface area contributed by atoms with Gasteiger partial charge in [0.05, 0.1) is 19.3 Å². The van der Waals surface area contributed by atoms with E-state index in [-0.39, 0.29) is 18.1 Å². The molecule has 1 saturated heterocycles. The van der Waals surface area contributed by atoms with Crippen molar-refractivity contribution in [3.63, 3.8) is 0 Å². The van der Waals surface area contributed by atoms with Crippen LogP contribution in [0.2, 0.25) is 0 Å². The van der Waals surface area contributed by atoms with Crippen molar-refractivity contribution in [3.05, 3.63) is 0 Å². The van der Waals surface area contributed by atoms with Crippen molar-refractivity contribution in [2.75, 3.05) is 33.0 Å². The Bertz CT molecular complexity index is 242. The molecule has 5 heteroatoms. The largest absolute Gasteiger partial charge is 0.465 e. The molecule has 0 aromatic heterocycles. The van der Waals surface area contributed by atoms with Crippen LogP contribution in [0, 0.1) is 0 Å². The minimum absolute atomic E-state index is 0.193. The molecule has 0 aliphatic carbocycles. The van der Waals surface area contributed by atoms with Crippen molar-refractivity contribution in [2.24, 2.45) is 0 Å². The summed E-state index contributed by atoms with van der Waals surface area (Å²) in [6.07, 6.45) is 4.32. The first-order valence-electron chi connectivity index (χ1n) is 7.37. The van der Waals surface area contributed by atoms with Gasteiger partial charge in [0.15, 0.2) is 0 Å². The van der Waals surface area contributed by atoms with E-state index in [1.807, 2.05) is 13.8 Å². The predicted molar refractivity (Wildman–Crippen MR) is 73.1 cm³/mol. The Kier molecular flexibility index (Phi) is 8.79. The van der Waals surface area contributed by atoms with Crippen LogP contribution in [0.15, 0.2) is 0 Å². The van der Waals surface area contributed by atoms with E-state index in [4.69, 9.17) is 14.2 Å². The van der Waals surface area contributed by atoms with Crippen LogP contribution in [-0.4, -0.2) is 51.1 Å². The van der Waals surface area contributed by atoms with Gasteiger partial charge in [0.25, 0.3) is 0 Å². The maximum Gasteiger partial charge on any atom is 0.323 e. The van der Waals surface area contributed by atoms with Gasteiger partial charge in [-0.15, -0.1) is 0 Å². The summed E-state index contributed by atoms with van der Waals surface area (Å²) in [5.41, 5.74) is 0. The topological polar surface area (TPSA) is 56.8 Å². The summed E-state index contributed by atoms with van der Waals surface area (Å²) < 4.78 is 16.2. The molecule has 1 aliphatic rings. The van der Waals surface area contributed by atoms with E-state index >= 15 is 0 Å². The maximum absolute atomic E-state index is 11.7. The molecule has 0 aromatic carbocycles. The van der Waals surface area contributed by atoms with Gasteiger partial charge in [-0.05, 0) is 39.2 Å². The molecule has 112 valence electrons. The van der Waals surface area contributed by atoms with Crippen LogP contribution in [0.4, 0.5) is 0 Å². The summed E-state index contributed by atoms with van der Waals surface area (Å²) in [4.78, 5) is 11.7. The number of ether oxygens (including phenoxy) is 3. The van der Waals surface area contributed by atoms with E-state index in [0.717, 1.165) is 26.0 Å². The maximum atomic E-state index is 11.7. The van der Waals surface area contributed by atoms with Crippen LogP contribution in [0.25, 0.3) is 0 Å². The summed E-state index contributed by atoms with van der Waals surface area (Å²) in [5.74, 6) is -0.193. The quantitative estimate of drug-likeness (QED) is 0.510. The average molecular weight is 273 g/mol. The van der Waals surface area contributed by atoms with Gasteiger partial charge in [-0.25, -0.2) is 0 Å². The van der Waals surface area contributed by atoms with Crippen LogP contribution in [0.1, 0.15) is 39.5 Å². The zero-order valence-electron chi connectivity index (χ0n) is 12.2. The third kappa shape index (κ3) is 6.89. The summed E-state index contributed by atoms with van der Waals surface area (Å²) in [6, 6.07) is -0.266. The van der Waals surface area contributed by atoms with Crippen molar-refractivity contribution < 1.29 is 19.0 Å². The van der Waals surface area contributed by atoms with Crippen LogP contribution in [0.5, 0.6) is 0 Å². The summed E-state index contributed by atoms with van der Waals surface area (Å²) in [5, 5.41) is 3.12. The Hall–Kier alpha value is -0.650. The summed E-state index contributed by atoms with van der Waals surface area (Å²) in [7, 11) is 0. The van der Waals surface area contributed by atoms with Crippen molar-refractivity contribution >= 4 is 5.97 Å². The third-order valence-electron chi connectivity index (χ3n) is 3.15. The Labute approximate surface area is 116 Å². The molecule has 1 heterocycles. The van der Waals surface area contributed by atoms with Gasteiger partial charge in [-0.1, -0.05) is 6.92 Å². The van der Waals surface area contributed by atoms with Crippen molar-refractivity contribution in [1.29, 1.82) is 0 Å². The molecule has 0 radical (unpaired) electrons. The molecule has 0 saturated carbocycles. The average Bonchev–Trinajstić information content (AvgIpc) is 2.43. The Morgan fingerprint density at radius 2 is 2.26 bits per heavy atom. The third-order valence-corrected chi connectivity index (χ3v) is 3.15. The Morgan fingerprint density at radius 3 is 2.89 bits per heavy atom. The fourth-order valence-electron chi connectivity index (χ4n) is 2.15. The van der Waals surface area contributed by atoms with Crippen molar-refractivity contribution in [1.82, 2.24) is 5.32 Å². The monoisotopic (exact) mass is 273 g/mol. The lowest BCUT2D eigenvalue weighted by Gasteiger charge is -2.23. The van der Waals surface area contributed by atoms with Crippen LogP contribution >= 0.6 is 0 Å². The number of esters is 1. The molecule has 19 heavy (non-hydrogen) atoms. The summed E-state index contributed by atoms with van der Waals surface area (Å²) >= 11 is 0. The minimum Gasteiger partial charge on any atom is -0.465 e. The smallest absolute Gasteiger partial charge is 0.323 e. The molecule has 1 N–H and O–H groups in total. The summed E-state index contributed by atoms with van der Waals surface area (Å²) in [6.45, 7) is 6.97. The van der Waals surface area contributed by atoms with Gasteiger partial charge in [-0.2, -0.15) is 0 Å². The van der Waals surface area contributed by atoms with E-state index in [1.54, 1.807) is 0 Å². The van der Waals surface area contributed by atoms with Gasteiger partial charge in [0.1, 0.15) is 6.04 Å². The molecule has 1 rings (SSSR count). The molecular formula is C14H27NO4. The molecule has 0 spiro atoms. The van der Waals surface area contributed by atoms with Gasteiger partial charge in [-0.3, -0.25) is 4.79 Å². The van der Waals surface area contributed by atoms with Crippen molar-refractivity contribution in [3.8, 4) is 0 Å². The predicted octanol–water partition coefficient (Wildman–Crippen LogP) is 1.50. The van der Waals surface area contributed by atoms with Crippen LogP contribution in [0.3, 0.4) is 0 Å². The van der Waals surface area contributed by atoms with Gasteiger partial charge < -0.3 is 19.5 Å². The van der Waals surface area contributed by atoms with Crippen LogP contribution < -0.4 is 5.32 Å². The van der Waals surface area contributed by atoms with Gasteiger partial charge >= 0.3 is 5.97 Å². The second kappa shape index (κ2) is 10.2. The first-order valence-corrected chi connectivity index (χ1v) is 7.37. The molecule has 5 nitrogen and oxygen atoms in total. The van der Waals surface area contributed by atoms with Gasteiger partial charge in [0.2, 0.25) is 0 Å². The Balaban J connectivity index is 2.14. The normalized spacial score (nSPS) is 21.1. The second-order valence-electron chi connectivity index (χ2n) is 4.71. The zero-order valence-corrected chi connectivity index (χ0v) is 12.2. The first-order chi connectivity index (χ1) is 9.27. The molecule has 0 amide bonds. The van der Waals surface area contributed by atoms with E-state index < -0.39 is 0 Å². The molecule has 1 aliphatic heterocycles. The number of carbonyl (C=O) groups excluding carboxylic acids is 1. The molecule has 1 fully saturated rings. The number of rotatable bonds is 9. The fraction of sp³-hybridized carbons (Fsp3) is 0.929. The minimum atomic E-state index is -0.266. The van der Waals surface area contributed by atoms with E-state index in [2.05, 4.69) is 5.32 Å². The first kappa shape index (κ1) is 16.4.